The van der Waals surface area contributed by atoms with Crippen molar-refractivity contribution in [1.29, 1.82) is 5.26 Å². The lowest BCUT2D eigenvalue weighted by atomic mass is 9.98. The molecular formula is C17H16ClN3. The first-order valence-electron chi connectivity index (χ1n) is 7.00. The van der Waals surface area contributed by atoms with E-state index in [9.17, 15) is 0 Å². The molecule has 0 aromatic heterocycles. The Morgan fingerprint density at radius 1 is 1.24 bits per heavy atom. The van der Waals surface area contributed by atoms with Crippen LogP contribution in [0.5, 0.6) is 0 Å². The van der Waals surface area contributed by atoms with Gasteiger partial charge in [0, 0.05) is 18.2 Å². The summed E-state index contributed by atoms with van der Waals surface area (Å²) in [6.45, 7) is 1.55. The molecule has 3 nitrogen and oxygen atoms in total. The summed E-state index contributed by atoms with van der Waals surface area (Å²) in [6.07, 6.45) is 0.960. The summed E-state index contributed by atoms with van der Waals surface area (Å²) in [6, 6.07) is 15.9. The van der Waals surface area contributed by atoms with Gasteiger partial charge in [-0.3, -0.25) is 0 Å². The highest BCUT2D eigenvalue weighted by Gasteiger charge is 2.29. The Labute approximate surface area is 129 Å². The van der Waals surface area contributed by atoms with E-state index < -0.39 is 0 Å². The van der Waals surface area contributed by atoms with E-state index in [0.29, 0.717) is 23.0 Å². The van der Waals surface area contributed by atoms with Crippen LogP contribution in [0.4, 0.5) is 11.4 Å². The van der Waals surface area contributed by atoms with Crippen LogP contribution in [0.2, 0.25) is 5.02 Å². The van der Waals surface area contributed by atoms with Crippen molar-refractivity contribution < 1.29 is 0 Å². The van der Waals surface area contributed by atoms with E-state index >= 15 is 0 Å². The van der Waals surface area contributed by atoms with E-state index in [1.54, 1.807) is 12.1 Å². The van der Waals surface area contributed by atoms with Crippen molar-refractivity contribution in [2.75, 3.05) is 18.0 Å². The third-order valence-corrected chi connectivity index (χ3v) is 4.26. The molecule has 3 rings (SSSR count). The molecule has 0 aliphatic carbocycles. The van der Waals surface area contributed by atoms with E-state index in [1.165, 1.54) is 11.3 Å². The first kappa shape index (κ1) is 13.9. The molecule has 1 atom stereocenters. The van der Waals surface area contributed by atoms with Crippen LogP contribution in [0.3, 0.4) is 0 Å². The van der Waals surface area contributed by atoms with E-state index in [4.69, 9.17) is 22.6 Å². The minimum Gasteiger partial charge on any atom is -0.339 e. The van der Waals surface area contributed by atoms with Gasteiger partial charge in [0.25, 0.3) is 0 Å². The van der Waals surface area contributed by atoms with Crippen LogP contribution in [-0.2, 0) is 0 Å². The average Bonchev–Trinajstić information content (AvgIpc) is 2.86. The third kappa shape index (κ3) is 2.49. The summed E-state index contributed by atoms with van der Waals surface area (Å²) < 4.78 is 0. The Bertz CT molecular complexity index is 705. The Morgan fingerprint density at radius 3 is 2.76 bits per heavy atom. The lowest BCUT2D eigenvalue weighted by Gasteiger charge is -2.21. The van der Waals surface area contributed by atoms with Crippen molar-refractivity contribution in [2.24, 2.45) is 5.73 Å². The van der Waals surface area contributed by atoms with Crippen molar-refractivity contribution in [2.45, 2.75) is 12.3 Å². The fourth-order valence-electron chi connectivity index (χ4n) is 2.97. The van der Waals surface area contributed by atoms with Crippen LogP contribution in [0.25, 0.3) is 0 Å². The number of hydrogen-bond acceptors (Lipinski definition) is 3. The van der Waals surface area contributed by atoms with Crippen LogP contribution >= 0.6 is 11.6 Å². The second-order valence-electron chi connectivity index (χ2n) is 5.22. The molecule has 1 unspecified atom stereocenters. The molecule has 4 heteroatoms. The number of rotatable bonds is 3. The standard InChI is InChI=1S/C17H16ClN3/c18-15-9-12(10-20)5-6-17(15)21-11-13(7-8-19)14-3-1-2-4-16(14)21/h1-6,9,13H,7-8,11,19H2. The maximum absolute atomic E-state index is 8.95. The normalized spacial score (nSPS) is 16.6. The second-order valence-corrected chi connectivity index (χ2v) is 5.63. The number of nitrogens with zero attached hydrogens (tertiary/aromatic N) is 2. The van der Waals surface area contributed by atoms with Gasteiger partial charge in [-0.2, -0.15) is 5.26 Å². The van der Waals surface area contributed by atoms with Gasteiger partial charge in [-0.15, -0.1) is 0 Å². The Balaban J connectivity index is 2.03. The number of fused-ring (bicyclic) bond motifs is 1. The van der Waals surface area contributed by atoms with Crippen LogP contribution in [0.1, 0.15) is 23.5 Å². The van der Waals surface area contributed by atoms with Gasteiger partial charge in [0.2, 0.25) is 0 Å². The number of halogens is 1. The van der Waals surface area contributed by atoms with Gasteiger partial charge in [0.1, 0.15) is 0 Å². The molecule has 21 heavy (non-hydrogen) atoms. The average molecular weight is 298 g/mol. The van der Waals surface area contributed by atoms with E-state index in [0.717, 1.165) is 18.7 Å². The van der Waals surface area contributed by atoms with Gasteiger partial charge in [0.05, 0.1) is 22.3 Å². The van der Waals surface area contributed by atoms with Crippen LogP contribution < -0.4 is 10.6 Å². The zero-order valence-electron chi connectivity index (χ0n) is 11.6. The quantitative estimate of drug-likeness (QED) is 0.937. The topological polar surface area (TPSA) is 53.0 Å². The van der Waals surface area contributed by atoms with E-state index in [2.05, 4.69) is 29.2 Å². The van der Waals surface area contributed by atoms with Gasteiger partial charge in [-0.25, -0.2) is 0 Å². The molecule has 0 radical (unpaired) electrons. The summed E-state index contributed by atoms with van der Waals surface area (Å²) >= 11 is 6.36. The minimum atomic E-state index is 0.429. The van der Waals surface area contributed by atoms with Crippen molar-refractivity contribution in [1.82, 2.24) is 0 Å². The summed E-state index contributed by atoms with van der Waals surface area (Å²) in [5, 5.41) is 9.56. The number of anilines is 2. The molecule has 0 spiro atoms. The van der Waals surface area contributed by atoms with Gasteiger partial charge in [-0.1, -0.05) is 29.8 Å². The fourth-order valence-corrected chi connectivity index (χ4v) is 3.25. The number of nitriles is 1. The second kappa shape index (κ2) is 5.77. The van der Waals surface area contributed by atoms with E-state index in [-0.39, 0.29) is 0 Å². The van der Waals surface area contributed by atoms with Crippen molar-refractivity contribution >= 4 is 23.0 Å². The molecule has 0 saturated carbocycles. The zero-order chi connectivity index (χ0) is 14.8. The van der Waals surface area contributed by atoms with Gasteiger partial charge < -0.3 is 10.6 Å². The molecule has 0 saturated heterocycles. The molecular weight excluding hydrogens is 282 g/mol. The molecule has 1 heterocycles. The van der Waals surface area contributed by atoms with Crippen molar-refractivity contribution in [3.63, 3.8) is 0 Å². The largest absolute Gasteiger partial charge is 0.339 e. The van der Waals surface area contributed by atoms with Gasteiger partial charge >= 0.3 is 0 Å². The van der Waals surface area contributed by atoms with Gasteiger partial charge in [-0.05, 0) is 42.8 Å². The van der Waals surface area contributed by atoms with Crippen molar-refractivity contribution in [3.05, 3.63) is 58.6 Å². The summed E-state index contributed by atoms with van der Waals surface area (Å²) in [4.78, 5) is 2.22. The Kier molecular flexibility index (Phi) is 3.83. The zero-order valence-corrected chi connectivity index (χ0v) is 12.3. The lowest BCUT2D eigenvalue weighted by molar-refractivity contribution is 0.669. The SMILES string of the molecule is N#Cc1ccc(N2CC(CCN)c3ccccc32)c(Cl)c1. The highest BCUT2D eigenvalue weighted by atomic mass is 35.5. The molecule has 2 aromatic carbocycles. The Morgan fingerprint density at radius 2 is 2.05 bits per heavy atom. The summed E-state index contributed by atoms with van der Waals surface area (Å²) in [7, 11) is 0. The molecule has 0 amide bonds. The number of nitrogens with two attached hydrogens (primary N) is 1. The highest BCUT2D eigenvalue weighted by molar-refractivity contribution is 6.33. The molecule has 2 N–H and O–H groups in total. The van der Waals surface area contributed by atoms with Crippen molar-refractivity contribution in [3.8, 4) is 6.07 Å². The Hall–Kier alpha value is -2.02. The van der Waals surface area contributed by atoms with Crippen LogP contribution in [0, 0.1) is 11.3 Å². The minimum absolute atomic E-state index is 0.429. The number of hydrogen-bond donors (Lipinski definition) is 1. The fraction of sp³-hybridized carbons (Fsp3) is 0.235. The predicted molar refractivity (Wildman–Crippen MR) is 86.0 cm³/mol. The summed E-state index contributed by atoms with van der Waals surface area (Å²) in [5.74, 6) is 0.429. The molecule has 0 bridgehead atoms. The molecule has 106 valence electrons. The van der Waals surface area contributed by atoms with E-state index in [1.807, 2.05) is 12.1 Å². The van der Waals surface area contributed by atoms with Crippen LogP contribution in [0.15, 0.2) is 42.5 Å². The number of para-hydroxylation sites is 1. The predicted octanol–water partition coefficient (Wildman–Crippen LogP) is 3.80. The smallest absolute Gasteiger partial charge is 0.0992 e. The molecule has 1 aliphatic rings. The monoisotopic (exact) mass is 297 g/mol. The maximum atomic E-state index is 8.95. The molecule has 1 aliphatic heterocycles. The maximum Gasteiger partial charge on any atom is 0.0992 e. The third-order valence-electron chi connectivity index (χ3n) is 3.95. The lowest BCUT2D eigenvalue weighted by Crippen LogP contribution is -2.17. The number of benzene rings is 2. The van der Waals surface area contributed by atoms with Gasteiger partial charge in [0.15, 0.2) is 0 Å². The first-order chi connectivity index (χ1) is 10.2. The molecule has 0 fully saturated rings. The van der Waals surface area contributed by atoms with Crippen LogP contribution in [-0.4, -0.2) is 13.1 Å². The first-order valence-corrected chi connectivity index (χ1v) is 7.38. The highest BCUT2D eigenvalue weighted by Crippen LogP contribution is 2.44. The summed E-state index contributed by atoms with van der Waals surface area (Å²) in [5.41, 5.74) is 9.77. The molecule has 2 aromatic rings.